The van der Waals surface area contributed by atoms with Gasteiger partial charge < -0.3 is 14.2 Å². The molecule has 0 amide bonds. The molecule has 2 aromatic heterocycles. The van der Waals surface area contributed by atoms with Crippen LogP contribution in [-0.2, 0) is 0 Å². The Kier molecular flexibility index (Phi) is 4.53. The predicted octanol–water partition coefficient (Wildman–Crippen LogP) is 5.68. The summed E-state index contributed by atoms with van der Waals surface area (Å²) in [5.41, 5.74) is 6.09. The number of para-hydroxylation sites is 1. The Morgan fingerprint density at radius 2 is 1.50 bits per heavy atom. The molecule has 5 aromatic rings. The van der Waals surface area contributed by atoms with Crippen molar-refractivity contribution >= 4 is 33.6 Å². The lowest BCUT2D eigenvalue weighted by atomic mass is 10.1. The Bertz CT molecular complexity index is 1400. The van der Waals surface area contributed by atoms with Crippen molar-refractivity contribution in [3.8, 4) is 11.4 Å². The standard InChI is InChI=1S/C27H24N4O/c1-19-8-7-11-21(18-19)30-14-16-31(17-15-30)27-25-24(22-12-5-6-13-23(22)32-25)28-26(29-27)20-9-3-2-4-10-20/h2-13,18H,14-17H2,1H3. The first-order valence-corrected chi connectivity index (χ1v) is 11.1. The number of anilines is 2. The van der Waals surface area contributed by atoms with Crippen LogP contribution in [0.5, 0.6) is 0 Å². The lowest BCUT2D eigenvalue weighted by Gasteiger charge is -2.36. The molecule has 0 spiro atoms. The van der Waals surface area contributed by atoms with Crippen LogP contribution in [0.1, 0.15) is 5.56 Å². The summed E-state index contributed by atoms with van der Waals surface area (Å²) in [7, 11) is 0. The fourth-order valence-electron chi connectivity index (χ4n) is 4.51. The van der Waals surface area contributed by atoms with Crippen LogP contribution >= 0.6 is 0 Å². The smallest absolute Gasteiger partial charge is 0.196 e. The highest BCUT2D eigenvalue weighted by molar-refractivity contribution is 6.06. The third-order valence-corrected chi connectivity index (χ3v) is 6.18. The van der Waals surface area contributed by atoms with Gasteiger partial charge in [-0.3, -0.25) is 0 Å². The Morgan fingerprint density at radius 1 is 0.750 bits per heavy atom. The number of furan rings is 1. The zero-order valence-electron chi connectivity index (χ0n) is 18.0. The molecule has 0 radical (unpaired) electrons. The molecule has 1 aliphatic rings. The van der Waals surface area contributed by atoms with Crippen molar-refractivity contribution in [2.45, 2.75) is 6.92 Å². The Balaban J connectivity index is 1.41. The Morgan fingerprint density at radius 3 is 2.31 bits per heavy atom. The van der Waals surface area contributed by atoms with E-state index in [1.807, 2.05) is 36.4 Å². The molecular formula is C27H24N4O. The molecule has 1 fully saturated rings. The summed E-state index contributed by atoms with van der Waals surface area (Å²) in [6.07, 6.45) is 0. The maximum atomic E-state index is 6.27. The molecule has 6 rings (SSSR count). The molecular weight excluding hydrogens is 396 g/mol. The van der Waals surface area contributed by atoms with Crippen molar-refractivity contribution < 1.29 is 4.42 Å². The van der Waals surface area contributed by atoms with Crippen LogP contribution in [0.15, 0.2) is 83.3 Å². The second-order valence-corrected chi connectivity index (χ2v) is 8.33. The largest absolute Gasteiger partial charge is 0.450 e. The van der Waals surface area contributed by atoms with Crippen molar-refractivity contribution in [3.05, 3.63) is 84.4 Å². The summed E-state index contributed by atoms with van der Waals surface area (Å²) >= 11 is 0. The van der Waals surface area contributed by atoms with Crippen molar-refractivity contribution in [1.82, 2.24) is 9.97 Å². The molecule has 0 bridgehead atoms. The number of hydrogen-bond acceptors (Lipinski definition) is 5. The summed E-state index contributed by atoms with van der Waals surface area (Å²) < 4.78 is 6.27. The first kappa shape index (κ1) is 18.9. The van der Waals surface area contributed by atoms with E-state index in [4.69, 9.17) is 14.4 Å². The number of hydrogen-bond donors (Lipinski definition) is 0. The Labute approximate surface area is 186 Å². The van der Waals surface area contributed by atoms with Crippen molar-refractivity contribution in [3.63, 3.8) is 0 Å². The summed E-state index contributed by atoms with van der Waals surface area (Å²) in [6.45, 7) is 5.78. The quantitative estimate of drug-likeness (QED) is 0.376. The molecule has 0 unspecified atom stereocenters. The highest BCUT2D eigenvalue weighted by Crippen LogP contribution is 2.35. The molecule has 1 aliphatic heterocycles. The SMILES string of the molecule is Cc1cccc(N2CCN(c3nc(-c4ccccc4)nc4c3oc3ccccc34)CC2)c1. The minimum Gasteiger partial charge on any atom is -0.450 e. The van der Waals surface area contributed by atoms with Crippen LogP contribution < -0.4 is 9.80 Å². The number of nitrogens with zero attached hydrogens (tertiary/aromatic N) is 4. The molecule has 158 valence electrons. The lowest BCUT2D eigenvalue weighted by Crippen LogP contribution is -2.47. The molecule has 0 N–H and O–H groups in total. The molecule has 3 heterocycles. The number of fused-ring (bicyclic) bond motifs is 3. The molecule has 0 saturated carbocycles. The van der Waals surface area contributed by atoms with E-state index >= 15 is 0 Å². The van der Waals surface area contributed by atoms with E-state index in [0.717, 1.165) is 65.5 Å². The summed E-state index contributed by atoms with van der Waals surface area (Å²) in [5, 5.41) is 1.03. The van der Waals surface area contributed by atoms with Gasteiger partial charge in [-0.15, -0.1) is 0 Å². The molecule has 0 aliphatic carbocycles. The zero-order chi connectivity index (χ0) is 21.5. The van der Waals surface area contributed by atoms with Crippen molar-refractivity contribution in [2.24, 2.45) is 0 Å². The van der Waals surface area contributed by atoms with Crippen LogP contribution in [0.25, 0.3) is 33.5 Å². The number of benzene rings is 3. The van der Waals surface area contributed by atoms with Gasteiger partial charge in [0.25, 0.3) is 0 Å². The van der Waals surface area contributed by atoms with Gasteiger partial charge >= 0.3 is 0 Å². The molecule has 0 atom stereocenters. The molecule has 5 nitrogen and oxygen atoms in total. The average molecular weight is 421 g/mol. The summed E-state index contributed by atoms with van der Waals surface area (Å²) in [4.78, 5) is 14.7. The van der Waals surface area contributed by atoms with Gasteiger partial charge in [-0.1, -0.05) is 54.6 Å². The van der Waals surface area contributed by atoms with E-state index in [1.54, 1.807) is 0 Å². The van der Waals surface area contributed by atoms with Crippen molar-refractivity contribution in [1.29, 1.82) is 0 Å². The predicted molar refractivity (Wildman–Crippen MR) is 130 cm³/mol. The first-order chi connectivity index (χ1) is 15.8. The maximum absolute atomic E-state index is 6.27. The molecule has 5 heteroatoms. The van der Waals surface area contributed by atoms with Gasteiger partial charge in [0.05, 0.1) is 0 Å². The van der Waals surface area contributed by atoms with Crippen LogP contribution in [0.3, 0.4) is 0 Å². The van der Waals surface area contributed by atoms with Gasteiger partial charge in [-0.25, -0.2) is 9.97 Å². The van der Waals surface area contributed by atoms with Crippen LogP contribution in [0.2, 0.25) is 0 Å². The number of rotatable bonds is 3. The normalized spacial score (nSPS) is 14.4. The average Bonchev–Trinajstić information content (AvgIpc) is 3.23. The van der Waals surface area contributed by atoms with Crippen molar-refractivity contribution in [2.75, 3.05) is 36.0 Å². The summed E-state index contributed by atoms with van der Waals surface area (Å²) in [5.74, 6) is 1.62. The molecule has 3 aromatic carbocycles. The lowest BCUT2D eigenvalue weighted by molar-refractivity contribution is 0.629. The molecule has 1 saturated heterocycles. The maximum Gasteiger partial charge on any atom is 0.196 e. The van der Waals surface area contributed by atoms with E-state index in [-0.39, 0.29) is 0 Å². The number of aryl methyl sites for hydroxylation is 1. The van der Waals surface area contributed by atoms with E-state index in [1.165, 1.54) is 11.3 Å². The fraction of sp³-hybridized carbons (Fsp3) is 0.185. The van der Waals surface area contributed by atoms with Crippen LogP contribution in [0, 0.1) is 6.92 Å². The summed E-state index contributed by atoms with van der Waals surface area (Å²) in [6, 6.07) is 27.0. The second-order valence-electron chi connectivity index (χ2n) is 8.33. The molecule has 32 heavy (non-hydrogen) atoms. The number of piperazine rings is 1. The van der Waals surface area contributed by atoms with Crippen LogP contribution in [-0.4, -0.2) is 36.1 Å². The first-order valence-electron chi connectivity index (χ1n) is 11.1. The monoisotopic (exact) mass is 420 g/mol. The van der Waals surface area contributed by atoms with Crippen LogP contribution in [0.4, 0.5) is 11.5 Å². The highest BCUT2D eigenvalue weighted by atomic mass is 16.3. The van der Waals surface area contributed by atoms with E-state index in [0.29, 0.717) is 0 Å². The van der Waals surface area contributed by atoms with E-state index < -0.39 is 0 Å². The third-order valence-electron chi connectivity index (χ3n) is 6.18. The van der Waals surface area contributed by atoms with Gasteiger partial charge in [-0.2, -0.15) is 0 Å². The van der Waals surface area contributed by atoms with Gasteiger partial charge in [-0.05, 0) is 36.8 Å². The van der Waals surface area contributed by atoms with Gasteiger partial charge in [0.2, 0.25) is 0 Å². The van der Waals surface area contributed by atoms with Gasteiger partial charge in [0.1, 0.15) is 11.1 Å². The zero-order valence-corrected chi connectivity index (χ0v) is 18.0. The second kappa shape index (κ2) is 7.68. The van der Waals surface area contributed by atoms with E-state index in [2.05, 4.69) is 59.2 Å². The third kappa shape index (κ3) is 3.26. The highest BCUT2D eigenvalue weighted by Gasteiger charge is 2.24. The minimum absolute atomic E-state index is 0.737. The van der Waals surface area contributed by atoms with E-state index in [9.17, 15) is 0 Å². The Hall–Kier alpha value is -3.86. The number of aromatic nitrogens is 2. The fourth-order valence-corrected chi connectivity index (χ4v) is 4.51. The van der Waals surface area contributed by atoms with Gasteiger partial charge in [0, 0.05) is 42.8 Å². The van der Waals surface area contributed by atoms with Gasteiger partial charge in [0.15, 0.2) is 17.2 Å². The topological polar surface area (TPSA) is 45.4 Å². The minimum atomic E-state index is 0.737.